The molecule has 0 fully saturated rings. The van der Waals surface area contributed by atoms with Gasteiger partial charge >= 0.3 is 0 Å². The Bertz CT molecular complexity index is 514. The zero-order chi connectivity index (χ0) is 13.0. The number of hydrogen-bond acceptors (Lipinski definition) is 2. The van der Waals surface area contributed by atoms with Crippen molar-refractivity contribution < 1.29 is 0 Å². The number of nitrogens with two attached hydrogens (primary N) is 1. The van der Waals surface area contributed by atoms with Crippen molar-refractivity contribution in [2.45, 2.75) is 39.5 Å². The SMILES string of the molecule is CCCc1c(N)n[nH]c1CCc1ccccc1C. The van der Waals surface area contributed by atoms with Crippen molar-refractivity contribution in [2.75, 3.05) is 5.73 Å². The third-order valence-electron chi connectivity index (χ3n) is 3.39. The topological polar surface area (TPSA) is 54.7 Å². The normalized spacial score (nSPS) is 10.8. The first-order chi connectivity index (χ1) is 8.72. The summed E-state index contributed by atoms with van der Waals surface area (Å²) >= 11 is 0. The van der Waals surface area contributed by atoms with Gasteiger partial charge in [0.15, 0.2) is 0 Å². The molecule has 0 saturated heterocycles. The summed E-state index contributed by atoms with van der Waals surface area (Å²) in [4.78, 5) is 0. The maximum Gasteiger partial charge on any atom is 0.148 e. The van der Waals surface area contributed by atoms with E-state index in [1.807, 2.05) is 0 Å². The first kappa shape index (κ1) is 12.7. The molecule has 3 nitrogen and oxygen atoms in total. The Morgan fingerprint density at radius 1 is 1.17 bits per heavy atom. The molecule has 0 atom stereocenters. The standard InChI is InChI=1S/C15H21N3/c1-3-6-13-14(17-18-15(13)16)10-9-12-8-5-4-7-11(12)2/h4-5,7-8H,3,6,9-10H2,1-2H3,(H3,16,17,18). The molecule has 0 spiro atoms. The number of aromatic amines is 1. The molecule has 0 aliphatic heterocycles. The van der Waals surface area contributed by atoms with E-state index in [1.54, 1.807) is 0 Å². The Kier molecular flexibility index (Phi) is 4.03. The molecule has 1 aromatic carbocycles. The van der Waals surface area contributed by atoms with E-state index in [0.29, 0.717) is 5.82 Å². The fourth-order valence-corrected chi connectivity index (χ4v) is 2.30. The lowest BCUT2D eigenvalue weighted by Gasteiger charge is -2.06. The van der Waals surface area contributed by atoms with Gasteiger partial charge in [-0.05, 0) is 37.3 Å². The Hall–Kier alpha value is -1.77. The Balaban J connectivity index is 2.09. The molecule has 2 aromatic rings. The maximum absolute atomic E-state index is 5.88. The third kappa shape index (κ3) is 2.73. The molecule has 0 aliphatic carbocycles. The van der Waals surface area contributed by atoms with Crippen LogP contribution >= 0.6 is 0 Å². The van der Waals surface area contributed by atoms with Crippen LogP contribution in [0.2, 0.25) is 0 Å². The van der Waals surface area contributed by atoms with Crippen LogP contribution in [-0.2, 0) is 19.3 Å². The minimum Gasteiger partial charge on any atom is -0.382 e. The third-order valence-corrected chi connectivity index (χ3v) is 3.39. The lowest BCUT2D eigenvalue weighted by molar-refractivity contribution is 0.850. The maximum atomic E-state index is 5.88. The van der Waals surface area contributed by atoms with Gasteiger partial charge in [-0.15, -0.1) is 0 Å². The van der Waals surface area contributed by atoms with Crippen LogP contribution in [0, 0.1) is 6.92 Å². The molecule has 0 radical (unpaired) electrons. The van der Waals surface area contributed by atoms with Crippen LogP contribution in [0.5, 0.6) is 0 Å². The minimum absolute atomic E-state index is 0.664. The molecule has 3 heteroatoms. The first-order valence-electron chi connectivity index (χ1n) is 6.58. The average Bonchev–Trinajstić information content (AvgIpc) is 2.71. The molecule has 0 saturated carbocycles. The zero-order valence-electron chi connectivity index (χ0n) is 11.2. The quantitative estimate of drug-likeness (QED) is 0.848. The minimum atomic E-state index is 0.664. The predicted octanol–water partition coefficient (Wildman–Crippen LogP) is 3.04. The fraction of sp³-hybridized carbons (Fsp3) is 0.400. The number of benzene rings is 1. The number of nitrogens with zero attached hydrogens (tertiary/aromatic N) is 1. The van der Waals surface area contributed by atoms with E-state index in [4.69, 9.17) is 5.73 Å². The molecule has 96 valence electrons. The number of rotatable bonds is 5. The second-order valence-electron chi connectivity index (χ2n) is 4.74. The largest absolute Gasteiger partial charge is 0.382 e. The highest BCUT2D eigenvalue weighted by Gasteiger charge is 2.10. The number of H-pyrrole nitrogens is 1. The van der Waals surface area contributed by atoms with Crippen molar-refractivity contribution in [1.82, 2.24) is 10.2 Å². The molecule has 0 amide bonds. The monoisotopic (exact) mass is 243 g/mol. The number of aromatic nitrogens is 2. The number of anilines is 1. The second-order valence-corrected chi connectivity index (χ2v) is 4.74. The Labute approximate surface area is 108 Å². The van der Waals surface area contributed by atoms with Crippen molar-refractivity contribution in [2.24, 2.45) is 0 Å². The van der Waals surface area contributed by atoms with E-state index in [9.17, 15) is 0 Å². The summed E-state index contributed by atoms with van der Waals surface area (Å²) in [6, 6.07) is 8.52. The summed E-state index contributed by atoms with van der Waals surface area (Å²) in [6.45, 7) is 4.32. The van der Waals surface area contributed by atoms with Crippen molar-refractivity contribution in [3.05, 3.63) is 46.6 Å². The van der Waals surface area contributed by atoms with Gasteiger partial charge in [0.2, 0.25) is 0 Å². The van der Waals surface area contributed by atoms with Crippen LogP contribution in [0.3, 0.4) is 0 Å². The van der Waals surface area contributed by atoms with Crippen LogP contribution in [-0.4, -0.2) is 10.2 Å². The van der Waals surface area contributed by atoms with Gasteiger partial charge in [-0.3, -0.25) is 5.10 Å². The van der Waals surface area contributed by atoms with E-state index in [0.717, 1.165) is 25.7 Å². The van der Waals surface area contributed by atoms with Gasteiger partial charge < -0.3 is 5.73 Å². The number of nitrogen functional groups attached to an aromatic ring is 1. The van der Waals surface area contributed by atoms with Gasteiger partial charge in [0.05, 0.1) is 0 Å². The summed E-state index contributed by atoms with van der Waals surface area (Å²) in [6.07, 6.45) is 4.11. The summed E-state index contributed by atoms with van der Waals surface area (Å²) in [5.74, 6) is 0.664. The van der Waals surface area contributed by atoms with Crippen LogP contribution in [0.25, 0.3) is 0 Å². The van der Waals surface area contributed by atoms with Gasteiger partial charge in [-0.1, -0.05) is 37.6 Å². The van der Waals surface area contributed by atoms with Crippen molar-refractivity contribution >= 4 is 5.82 Å². The Morgan fingerprint density at radius 2 is 1.94 bits per heavy atom. The highest BCUT2D eigenvalue weighted by molar-refractivity contribution is 5.42. The predicted molar refractivity (Wildman–Crippen MR) is 75.6 cm³/mol. The lowest BCUT2D eigenvalue weighted by atomic mass is 10.0. The van der Waals surface area contributed by atoms with E-state index >= 15 is 0 Å². The van der Waals surface area contributed by atoms with Gasteiger partial charge in [-0.25, -0.2) is 0 Å². The van der Waals surface area contributed by atoms with Gasteiger partial charge in [0.1, 0.15) is 5.82 Å². The molecule has 18 heavy (non-hydrogen) atoms. The van der Waals surface area contributed by atoms with Crippen LogP contribution in [0.15, 0.2) is 24.3 Å². The van der Waals surface area contributed by atoms with Gasteiger partial charge in [0, 0.05) is 11.3 Å². The van der Waals surface area contributed by atoms with Crippen molar-refractivity contribution in [3.8, 4) is 0 Å². The van der Waals surface area contributed by atoms with Crippen molar-refractivity contribution in [3.63, 3.8) is 0 Å². The molecule has 1 heterocycles. The molecule has 0 aliphatic rings. The van der Waals surface area contributed by atoms with Crippen LogP contribution in [0.4, 0.5) is 5.82 Å². The van der Waals surface area contributed by atoms with E-state index in [1.165, 1.54) is 22.4 Å². The van der Waals surface area contributed by atoms with E-state index in [-0.39, 0.29) is 0 Å². The molecule has 3 N–H and O–H groups in total. The summed E-state index contributed by atoms with van der Waals surface area (Å²) in [5, 5.41) is 7.20. The highest BCUT2D eigenvalue weighted by Crippen LogP contribution is 2.18. The molecular weight excluding hydrogens is 222 g/mol. The second kappa shape index (κ2) is 5.71. The summed E-state index contributed by atoms with van der Waals surface area (Å²) in [7, 11) is 0. The van der Waals surface area contributed by atoms with E-state index in [2.05, 4.69) is 48.3 Å². The van der Waals surface area contributed by atoms with Gasteiger partial charge in [0.25, 0.3) is 0 Å². The first-order valence-corrected chi connectivity index (χ1v) is 6.58. The van der Waals surface area contributed by atoms with Gasteiger partial charge in [-0.2, -0.15) is 5.10 Å². The molecule has 0 unspecified atom stereocenters. The highest BCUT2D eigenvalue weighted by atomic mass is 15.2. The van der Waals surface area contributed by atoms with Crippen LogP contribution in [0.1, 0.15) is 35.7 Å². The van der Waals surface area contributed by atoms with Crippen LogP contribution < -0.4 is 5.73 Å². The zero-order valence-corrected chi connectivity index (χ0v) is 11.2. The molecular formula is C15H21N3. The van der Waals surface area contributed by atoms with E-state index < -0.39 is 0 Å². The molecule has 2 rings (SSSR count). The molecule has 0 bridgehead atoms. The summed E-state index contributed by atoms with van der Waals surface area (Å²) < 4.78 is 0. The fourth-order valence-electron chi connectivity index (χ4n) is 2.30. The lowest BCUT2D eigenvalue weighted by Crippen LogP contribution is -1.99. The summed E-state index contributed by atoms with van der Waals surface area (Å²) in [5.41, 5.74) is 11.0. The van der Waals surface area contributed by atoms with Crippen molar-refractivity contribution in [1.29, 1.82) is 0 Å². The average molecular weight is 243 g/mol. The number of nitrogens with one attached hydrogen (secondary N) is 1. The molecule has 1 aromatic heterocycles. The Morgan fingerprint density at radius 3 is 2.67 bits per heavy atom. The number of aryl methyl sites for hydroxylation is 3. The number of hydrogen-bond donors (Lipinski definition) is 2. The smallest absolute Gasteiger partial charge is 0.148 e.